The molecular weight excluding hydrogens is 258 g/mol. The maximum Gasteiger partial charge on any atom is 0.128 e. The van der Waals surface area contributed by atoms with Gasteiger partial charge in [0.15, 0.2) is 0 Å². The van der Waals surface area contributed by atoms with Gasteiger partial charge in [0.05, 0.1) is 13.2 Å². The van der Waals surface area contributed by atoms with E-state index in [0.29, 0.717) is 0 Å². The first-order chi connectivity index (χ1) is 9.22. The number of morpholine rings is 1. The van der Waals surface area contributed by atoms with E-state index < -0.39 is 0 Å². The number of hydrogen-bond donors (Lipinski definition) is 0. The fourth-order valence-electron chi connectivity index (χ4n) is 2.23. The molecule has 100 valence electrons. The predicted octanol–water partition coefficient (Wildman–Crippen LogP) is 2.73. The van der Waals surface area contributed by atoms with Crippen molar-refractivity contribution in [1.82, 2.24) is 9.97 Å². The van der Waals surface area contributed by atoms with Crippen molar-refractivity contribution in [3.63, 3.8) is 0 Å². The lowest BCUT2D eigenvalue weighted by Crippen LogP contribution is -2.38. The van der Waals surface area contributed by atoms with Gasteiger partial charge < -0.3 is 9.64 Å². The van der Waals surface area contributed by atoms with Crippen LogP contribution >= 0.6 is 11.3 Å². The van der Waals surface area contributed by atoms with E-state index in [0.717, 1.165) is 41.9 Å². The second-order valence-corrected chi connectivity index (χ2v) is 5.66. The van der Waals surface area contributed by atoms with Crippen LogP contribution in [0.15, 0.2) is 23.6 Å². The molecule has 0 unspecified atom stereocenters. The van der Waals surface area contributed by atoms with Crippen molar-refractivity contribution in [2.75, 3.05) is 24.6 Å². The highest BCUT2D eigenvalue weighted by Gasteiger charge is 2.25. The number of nitrogens with zero attached hydrogens (tertiary/aromatic N) is 3. The van der Waals surface area contributed by atoms with Crippen LogP contribution in [-0.2, 0) is 4.74 Å². The Morgan fingerprint density at radius 1 is 1.26 bits per heavy atom. The second kappa shape index (κ2) is 5.27. The second-order valence-electron chi connectivity index (χ2n) is 4.77. The highest BCUT2D eigenvalue weighted by atomic mass is 32.1. The van der Waals surface area contributed by atoms with Crippen LogP contribution in [0.4, 0.5) is 5.82 Å². The van der Waals surface area contributed by atoms with E-state index in [-0.39, 0.29) is 6.10 Å². The van der Waals surface area contributed by atoms with E-state index in [1.165, 1.54) is 0 Å². The van der Waals surface area contributed by atoms with Gasteiger partial charge in [-0.3, -0.25) is 0 Å². The summed E-state index contributed by atoms with van der Waals surface area (Å²) in [5.41, 5.74) is 2.11. The highest BCUT2D eigenvalue weighted by Crippen LogP contribution is 2.27. The maximum absolute atomic E-state index is 5.84. The van der Waals surface area contributed by atoms with Gasteiger partial charge in [-0.1, -0.05) is 6.07 Å². The molecule has 0 bridgehead atoms. The van der Waals surface area contributed by atoms with Gasteiger partial charge in [0, 0.05) is 23.3 Å². The van der Waals surface area contributed by atoms with Crippen molar-refractivity contribution in [1.29, 1.82) is 0 Å². The number of thiazole rings is 1. The molecule has 0 aliphatic carbocycles. The van der Waals surface area contributed by atoms with Gasteiger partial charge in [0.2, 0.25) is 0 Å². The van der Waals surface area contributed by atoms with Gasteiger partial charge in [-0.2, -0.15) is 0 Å². The van der Waals surface area contributed by atoms with Crippen molar-refractivity contribution in [2.45, 2.75) is 20.0 Å². The summed E-state index contributed by atoms with van der Waals surface area (Å²) in [7, 11) is 0. The lowest BCUT2D eigenvalue weighted by atomic mass is 10.2. The van der Waals surface area contributed by atoms with Crippen molar-refractivity contribution in [2.24, 2.45) is 0 Å². The van der Waals surface area contributed by atoms with Crippen molar-refractivity contribution < 1.29 is 4.74 Å². The Morgan fingerprint density at radius 2 is 2.16 bits per heavy atom. The summed E-state index contributed by atoms with van der Waals surface area (Å²) in [5.74, 6) is 1.03. The van der Waals surface area contributed by atoms with E-state index in [1.807, 2.05) is 19.9 Å². The van der Waals surface area contributed by atoms with Crippen LogP contribution in [0.3, 0.4) is 0 Å². The van der Waals surface area contributed by atoms with Crippen LogP contribution in [-0.4, -0.2) is 29.7 Å². The minimum absolute atomic E-state index is 0.0646. The van der Waals surface area contributed by atoms with Crippen molar-refractivity contribution >= 4 is 17.2 Å². The number of hydrogen-bond acceptors (Lipinski definition) is 5. The lowest BCUT2D eigenvalue weighted by molar-refractivity contribution is 0.0393. The molecule has 0 amide bonds. The van der Waals surface area contributed by atoms with Gasteiger partial charge >= 0.3 is 0 Å². The molecule has 0 N–H and O–H groups in total. The van der Waals surface area contributed by atoms with Gasteiger partial charge in [-0.05, 0) is 26.0 Å². The van der Waals surface area contributed by atoms with E-state index in [2.05, 4.69) is 32.4 Å². The van der Waals surface area contributed by atoms with E-state index in [9.17, 15) is 0 Å². The summed E-state index contributed by atoms with van der Waals surface area (Å²) in [6, 6.07) is 6.13. The van der Waals surface area contributed by atoms with Gasteiger partial charge in [-0.25, -0.2) is 9.97 Å². The molecule has 1 aliphatic rings. The predicted molar refractivity (Wildman–Crippen MR) is 76.7 cm³/mol. The molecule has 3 rings (SSSR count). The van der Waals surface area contributed by atoms with E-state index in [1.54, 1.807) is 11.3 Å². The Bertz CT molecular complexity index is 569. The Labute approximate surface area is 117 Å². The number of ether oxygens (including phenoxy) is 1. The molecule has 4 nitrogen and oxygen atoms in total. The monoisotopic (exact) mass is 275 g/mol. The number of aromatic nitrogens is 2. The van der Waals surface area contributed by atoms with E-state index >= 15 is 0 Å². The summed E-state index contributed by atoms with van der Waals surface area (Å²) in [4.78, 5) is 11.4. The molecule has 1 atom stereocenters. The molecule has 0 spiro atoms. The third-order valence-corrected chi connectivity index (χ3v) is 4.23. The number of anilines is 1. The van der Waals surface area contributed by atoms with Gasteiger partial charge in [0.1, 0.15) is 16.9 Å². The first kappa shape index (κ1) is 12.6. The zero-order valence-electron chi connectivity index (χ0n) is 11.2. The van der Waals surface area contributed by atoms with Crippen LogP contribution < -0.4 is 4.90 Å². The molecule has 1 fully saturated rings. The zero-order valence-corrected chi connectivity index (χ0v) is 12.0. The van der Waals surface area contributed by atoms with Crippen LogP contribution in [0.2, 0.25) is 0 Å². The minimum atomic E-state index is 0.0646. The Kier molecular flexibility index (Phi) is 3.48. The van der Waals surface area contributed by atoms with Crippen LogP contribution in [0, 0.1) is 13.8 Å². The molecule has 5 heteroatoms. The smallest absolute Gasteiger partial charge is 0.128 e. The Morgan fingerprint density at radius 3 is 2.89 bits per heavy atom. The third-order valence-electron chi connectivity index (χ3n) is 3.18. The molecule has 0 radical (unpaired) electrons. The van der Waals surface area contributed by atoms with Crippen LogP contribution in [0.25, 0.3) is 0 Å². The molecule has 1 saturated heterocycles. The average Bonchev–Trinajstić information content (AvgIpc) is 2.86. The summed E-state index contributed by atoms with van der Waals surface area (Å²) in [5, 5.41) is 3.14. The molecule has 3 heterocycles. The normalized spacial score (nSPS) is 19.7. The first-order valence-electron chi connectivity index (χ1n) is 6.44. The first-order valence-corrected chi connectivity index (χ1v) is 7.32. The Hall–Kier alpha value is -1.46. The summed E-state index contributed by atoms with van der Waals surface area (Å²) < 4.78 is 5.84. The molecule has 19 heavy (non-hydrogen) atoms. The molecule has 2 aromatic rings. The standard InChI is InChI=1S/C14H17N3OS/c1-10-4-3-5-13(15-10)17-6-7-18-12(8-17)14-16-11(2)9-19-14/h3-5,9,12H,6-8H2,1-2H3/t12-/m0/s1. The number of rotatable bonds is 2. The van der Waals surface area contributed by atoms with Crippen molar-refractivity contribution in [3.05, 3.63) is 40.0 Å². The molecule has 0 aromatic carbocycles. The summed E-state index contributed by atoms with van der Waals surface area (Å²) in [6.07, 6.45) is 0.0646. The molecule has 2 aromatic heterocycles. The topological polar surface area (TPSA) is 38.2 Å². The van der Waals surface area contributed by atoms with E-state index in [4.69, 9.17) is 4.74 Å². The fourth-order valence-corrected chi connectivity index (χ4v) is 3.07. The lowest BCUT2D eigenvalue weighted by Gasteiger charge is -2.32. The van der Waals surface area contributed by atoms with Crippen LogP contribution in [0.1, 0.15) is 22.5 Å². The number of aryl methyl sites for hydroxylation is 2. The zero-order chi connectivity index (χ0) is 13.2. The maximum atomic E-state index is 5.84. The van der Waals surface area contributed by atoms with Crippen molar-refractivity contribution in [3.8, 4) is 0 Å². The average molecular weight is 275 g/mol. The summed E-state index contributed by atoms with van der Waals surface area (Å²) in [6.45, 7) is 6.47. The SMILES string of the molecule is Cc1cccc(N2CCO[C@H](c3nc(C)cs3)C2)n1. The Balaban J connectivity index is 1.78. The quantitative estimate of drug-likeness (QED) is 0.844. The van der Waals surface area contributed by atoms with Crippen LogP contribution in [0.5, 0.6) is 0 Å². The summed E-state index contributed by atoms with van der Waals surface area (Å²) >= 11 is 1.67. The minimum Gasteiger partial charge on any atom is -0.367 e. The third kappa shape index (κ3) is 2.77. The molecule has 0 saturated carbocycles. The molecule has 1 aliphatic heterocycles. The molecular formula is C14H17N3OS. The fraction of sp³-hybridized carbons (Fsp3) is 0.429. The largest absolute Gasteiger partial charge is 0.367 e. The number of pyridine rings is 1. The highest BCUT2D eigenvalue weighted by molar-refractivity contribution is 7.09. The van der Waals surface area contributed by atoms with Gasteiger partial charge in [-0.15, -0.1) is 11.3 Å². The van der Waals surface area contributed by atoms with Gasteiger partial charge in [0.25, 0.3) is 0 Å².